The van der Waals surface area contributed by atoms with Crippen molar-refractivity contribution in [1.82, 2.24) is 0 Å². The summed E-state index contributed by atoms with van der Waals surface area (Å²) in [6, 6.07) is 10.7. The van der Waals surface area contributed by atoms with E-state index in [4.69, 9.17) is 15.2 Å². The Labute approximate surface area is 192 Å². The maximum absolute atomic E-state index is 13.6. The fraction of sp³-hybridized carbons (Fsp3) is 0.217. The molecule has 3 N–H and O–H groups in total. The third-order valence-corrected chi connectivity index (χ3v) is 7.12. The summed E-state index contributed by atoms with van der Waals surface area (Å²) in [6.07, 6.45) is 0. The van der Waals surface area contributed by atoms with E-state index in [1.807, 2.05) is 0 Å². The Morgan fingerprint density at radius 2 is 1.94 bits per heavy atom. The molecule has 0 aliphatic carbocycles. The largest absolute Gasteiger partial charge is 0.490 e. The molecule has 0 radical (unpaired) electrons. The summed E-state index contributed by atoms with van der Waals surface area (Å²) in [5.74, 6) is -4.04. The highest BCUT2D eigenvalue weighted by Crippen LogP contribution is 2.56. The number of carbonyl (C=O) groups excluding carboxylic acids is 3. The molecule has 3 atom stereocenters. The van der Waals surface area contributed by atoms with Crippen LogP contribution in [0.3, 0.4) is 0 Å². The first-order valence-corrected chi connectivity index (χ1v) is 11.1. The van der Waals surface area contributed by atoms with Gasteiger partial charge < -0.3 is 20.3 Å². The van der Waals surface area contributed by atoms with Crippen molar-refractivity contribution >= 4 is 41.2 Å². The highest BCUT2D eigenvalue weighted by molar-refractivity contribution is 8.04. The monoisotopic (exact) mass is 466 g/mol. The minimum atomic E-state index is -1.18. The molecule has 0 saturated carbocycles. The number of anilines is 1. The minimum Gasteiger partial charge on any atom is -0.490 e. The third-order valence-electron chi connectivity index (χ3n) is 5.90. The Morgan fingerprint density at radius 3 is 2.67 bits per heavy atom. The number of imide groups is 1. The van der Waals surface area contributed by atoms with Crippen molar-refractivity contribution in [2.75, 3.05) is 11.5 Å². The molecular formula is C23H18N2O7S. The number of fused-ring (bicyclic) bond motifs is 5. The lowest BCUT2D eigenvalue weighted by Gasteiger charge is -2.36. The van der Waals surface area contributed by atoms with E-state index in [1.165, 1.54) is 24.3 Å². The molecule has 3 heterocycles. The Balaban J connectivity index is 1.64. The molecule has 10 heteroatoms. The van der Waals surface area contributed by atoms with Gasteiger partial charge in [0, 0.05) is 11.5 Å². The van der Waals surface area contributed by atoms with E-state index in [0.29, 0.717) is 17.9 Å². The number of aromatic carboxylic acids is 1. The van der Waals surface area contributed by atoms with E-state index in [1.54, 1.807) is 25.1 Å². The first-order chi connectivity index (χ1) is 15.8. The van der Waals surface area contributed by atoms with Crippen molar-refractivity contribution < 1.29 is 33.8 Å². The van der Waals surface area contributed by atoms with Gasteiger partial charge in [0.25, 0.3) is 0 Å². The number of carboxylic acids is 1. The average Bonchev–Trinajstić information content (AvgIpc) is 3.04. The molecule has 3 aliphatic heterocycles. The molecule has 2 aromatic rings. The maximum atomic E-state index is 13.6. The molecule has 0 spiro atoms. The second-order valence-electron chi connectivity index (χ2n) is 7.68. The van der Waals surface area contributed by atoms with E-state index >= 15 is 0 Å². The summed E-state index contributed by atoms with van der Waals surface area (Å²) in [6.45, 7) is 2.14. The topological polar surface area (TPSA) is 136 Å². The van der Waals surface area contributed by atoms with Crippen LogP contribution in [0.2, 0.25) is 0 Å². The quantitative estimate of drug-likeness (QED) is 0.395. The van der Waals surface area contributed by atoms with Gasteiger partial charge in [-0.2, -0.15) is 0 Å². The number of esters is 1. The van der Waals surface area contributed by atoms with Gasteiger partial charge in [0.15, 0.2) is 11.5 Å². The second-order valence-corrected chi connectivity index (χ2v) is 8.87. The highest BCUT2D eigenvalue weighted by atomic mass is 32.2. The van der Waals surface area contributed by atoms with Gasteiger partial charge in [0.05, 0.1) is 34.4 Å². The van der Waals surface area contributed by atoms with Crippen molar-refractivity contribution in [3.8, 4) is 11.5 Å². The number of nitrogens with two attached hydrogens (primary N) is 1. The van der Waals surface area contributed by atoms with Gasteiger partial charge in [-0.3, -0.25) is 9.59 Å². The van der Waals surface area contributed by atoms with Gasteiger partial charge in [-0.15, -0.1) is 0 Å². The lowest BCUT2D eigenvalue weighted by atomic mass is 9.77. The van der Waals surface area contributed by atoms with Gasteiger partial charge in [-0.25, -0.2) is 14.5 Å². The summed E-state index contributed by atoms with van der Waals surface area (Å²) in [5.41, 5.74) is 6.98. The predicted octanol–water partition coefficient (Wildman–Crippen LogP) is 2.26. The molecule has 33 heavy (non-hydrogen) atoms. The number of para-hydroxylation sites is 1. The number of nitrogens with zero attached hydrogens (tertiary/aromatic N) is 1. The molecule has 2 aromatic carbocycles. The van der Waals surface area contributed by atoms with Crippen molar-refractivity contribution in [3.05, 3.63) is 64.2 Å². The normalized spacial score (nSPS) is 23.6. The number of ether oxygens (including phenoxy) is 2. The fourth-order valence-corrected chi connectivity index (χ4v) is 5.79. The molecule has 2 amide bonds. The predicted molar refractivity (Wildman–Crippen MR) is 118 cm³/mol. The number of benzene rings is 2. The highest BCUT2D eigenvalue weighted by Gasteiger charge is 2.59. The molecule has 0 aromatic heterocycles. The molecule has 0 bridgehead atoms. The molecule has 0 unspecified atom stereocenters. The lowest BCUT2D eigenvalue weighted by molar-refractivity contribution is -0.132. The van der Waals surface area contributed by atoms with Gasteiger partial charge in [-0.1, -0.05) is 30.0 Å². The van der Waals surface area contributed by atoms with Crippen LogP contribution in [0.4, 0.5) is 5.69 Å². The number of rotatable bonds is 4. The number of amides is 2. The van der Waals surface area contributed by atoms with Crippen LogP contribution < -0.4 is 20.1 Å². The zero-order valence-electron chi connectivity index (χ0n) is 17.3. The molecule has 168 valence electrons. The van der Waals surface area contributed by atoms with Crippen LogP contribution in [-0.4, -0.2) is 40.7 Å². The van der Waals surface area contributed by atoms with E-state index in [0.717, 1.165) is 16.7 Å². The smallest absolute Gasteiger partial charge is 0.342 e. The molecule has 1 fully saturated rings. The molecular weight excluding hydrogens is 448 g/mol. The van der Waals surface area contributed by atoms with Crippen LogP contribution in [0.25, 0.3) is 0 Å². The van der Waals surface area contributed by atoms with Crippen LogP contribution in [0.5, 0.6) is 11.5 Å². The van der Waals surface area contributed by atoms with E-state index < -0.39 is 40.8 Å². The first kappa shape index (κ1) is 21.1. The Morgan fingerprint density at radius 1 is 1.18 bits per heavy atom. The fourth-order valence-electron chi connectivity index (χ4n) is 4.55. The number of carboxylic acid groups (broad SMARTS) is 1. The number of carbonyl (C=O) groups is 4. The Bertz CT molecular complexity index is 1270. The summed E-state index contributed by atoms with van der Waals surface area (Å²) in [4.78, 5) is 52.2. The van der Waals surface area contributed by atoms with Crippen LogP contribution in [0.1, 0.15) is 28.8 Å². The van der Waals surface area contributed by atoms with Crippen LogP contribution in [-0.2, 0) is 14.4 Å². The van der Waals surface area contributed by atoms with Crippen LogP contribution in [0, 0.1) is 5.92 Å². The van der Waals surface area contributed by atoms with E-state index in [9.17, 15) is 24.3 Å². The first-order valence-electron chi connectivity index (χ1n) is 10.2. The molecule has 5 rings (SSSR count). The van der Waals surface area contributed by atoms with Crippen molar-refractivity contribution in [3.63, 3.8) is 0 Å². The number of thioether (sulfide) groups is 1. The standard InChI is InChI=1S/C23H18N2O7S/c1-2-31-13-8-4-7-12-14-15-18(33-19(24)16(14)23(30)32-17(12)13)21(27)25(20(15)26)11-6-3-5-10(9-11)22(28)29/h3-9,14-15,18H,2,24H2,1H3,(H,28,29)/t14-,15-,18-/m1/s1. The second kappa shape index (κ2) is 7.66. The molecule has 1 saturated heterocycles. The van der Waals surface area contributed by atoms with Gasteiger partial charge in [0.1, 0.15) is 5.25 Å². The number of hydrogen-bond donors (Lipinski definition) is 2. The molecule has 9 nitrogen and oxygen atoms in total. The minimum absolute atomic E-state index is 0.0538. The van der Waals surface area contributed by atoms with E-state index in [2.05, 4.69) is 0 Å². The maximum Gasteiger partial charge on any atom is 0.342 e. The van der Waals surface area contributed by atoms with Crippen molar-refractivity contribution in [1.29, 1.82) is 0 Å². The molecule has 3 aliphatic rings. The lowest BCUT2D eigenvalue weighted by Crippen LogP contribution is -2.39. The Kier molecular flexibility index (Phi) is 4.89. The van der Waals surface area contributed by atoms with Crippen LogP contribution >= 0.6 is 11.8 Å². The summed E-state index contributed by atoms with van der Waals surface area (Å²) in [7, 11) is 0. The van der Waals surface area contributed by atoms with Gasteiger partial charge >= 0.3 is 11.9 Å². The van der Waals surface area contributed by atoms with Crippen molar-refractivity contribution in [2.24, 2.45) is 11.7 Å². The summed E-state index contributed by atoms with van der Waals surface area (Å²) >= 11 is 0.953. The average molecular weight is 466 g/mol. The zero-order chi connectivity index (χ0) is 23.4. The van der Waals surface area contributed by atoms with Gasteiger partial charge in [-0.05, 0) is 31.2 Å². The van der Waals surface area contributed by atoms with E-state index in [-0.39, 0.29) is 27.6 Å². The zero-order valence-corrected chi connectivity index (χ0v) is 18.1. The summed E-state index contributed by atoms with van der Waals surface area (Å²) < 4.78 is 11.1. The summed E-state index contributed by atoms with van der Waals surface area (Å²) in [5, 5.41) is 8.57. The third kappa shape index (κ3) is 3.09. The SMILES string of the molecule is CCOc1cccc2c1OC(=O)C1=C(N)S[C@H]3C(=O)N(c4cccc(C(=O)O)c4)C(=O)[C@@H]3[C@H]12. The number of hydrogen-bond acceptors (Lipinski definition) is 8. The van der Waals surface area contributed by atoms with Crippen LogP contribution in [0.15, 0.2) is 53.1 Å². The van der Waals surface area contributed by atoms with Gasteiger partial charge in [0.2, 0.25) is 11.8 Å². The Hall–Kier alpha value is -3.79. The van der Waals surface area contributed by atoms with Crippen molar-refractivity contribution in [2.45, 2.75) is 18.1 Å².